The normalized spacial score (nSPS) is 19.5. The fourth-order valence-electron chi connectivity index (χ4n) is 2.52. The Morgan fingerprint density at radius 3 is 1.70 bits per heavy atom. The summed E-state index contributed by atoms with van der Waals surface area (Å²) in [4.78, 5) is 0. The van der Waals surface area contributed by atoms with Gasteiger partial charge in [-0.2, -0.15) is 21.6 Å². The third-order valence-electron chi connectivity index (χ3n) is 4.30. The zero-order valence-corrected chi connectivity index (χ0v) is 19.4. The monoisotopic (exact) mass is 512 g/mol. The fraction of sp³-hybridized carbons (Fsp3) is 0.895. The Labute approximate surface area is 191 Å². The molecule has 0 aromatic rings. The van der Waals surface area contributed by atoms with Crippen LogP contribution in [0.4, 0.5) is 17.6 Å². The van der Waals surface area contributed by atoms with Gasteiger partial charge in [0.25, 0.3) is 0 Å². The number of hydrogen-bond donors (Lipinski definition) is 0. The average molecular weight is 513 g/mol. The van der Waals surface area contributed by atoms with Crippen LogP contribution in [-0.4, -0.2) is 99.4 Å². The van der Waals surface area contributed by atoms with Crippen molar-refractivity contribution in [2.24, 2.45) is 0 Å². The summed E-state index contributed by atoms with van der Waals surface area (Å²) in [5.74, 6) is -0.426. The first-order valence-corrected chi connectivity index (χ1v) is 11.8. The van der Waals surface area contributed by atoms with E-state index in [2.05, 4.69) is 4.18 Å². The van der Waals surface area contributed by atoms with Gasteiger partial charge in [-0.15, -0.1) is 0 Å². The molecule has 1 aliphatic carbocycles. The van der Waals surface area contributed by atoms with E-state index in [9.17, 15) is 26.0 Å². The van der Waals surface area contributed by atoms with Crippen molar-refractivity contribution < 1.29 is 58.6 Å². The third kappa shape index (κ3) is 13.4. The molecule has 0 saturated carbocycles. The van der Waals surface area contributed by atoms with Gasteiger partial charge in [-0.05, 0) is 12.5 Å². The van der Waals surface area contributed by atoms with Crippen LogP contribution < -0.4 is 0 Å². The minimum atomic E-state index is -5.74. The predicted octanol–water partition coefficient (Wildman–Crippen LogP) is 2.36. The molecule has 0 amide bonds. The Morgan fingerprint density at radius 2 is 1.30 bits per heavy atom. The van der Waals surface area contributed by atoms with E-state index in [1.165, 1.54) is 0 Å². The first kappa shape index (κ1) is 30.0. The van der Waals surface area contributed by atoms with Crippen LogP contribution in [0.5, 0.6) is 0 Å². The Bertz CT molecular complexity index is 658. The molecule has 33 heavy (non-hydrogen) atoms. The molecule has 0 saturated heterocycles. The molecule has 0 radical (unpaired) electrons. The van der Waals surface area contributed by atoms with Crippen LogP contribution in [0.15, 0.2) is 11.8 Å². The van der Waals surface area contributed by atoms with E-state index < -0.39 is 27.1 Å². The number of halogens is 4. The molecule has 0 aliphatic heterocycles. The lowest BCUT2D eigenvalue weighted by Crippen LogP contribution is -2.33. The topological polar surface area (TPSA) is 98.8 Å². The average Bonchev–Trinajstić information content (AvgIpc) is 2.74. The number of alkyl halides is 4. The number of methoxy groups -OCH3 is 1. The van der Waals surface area contributed by atoms with Crippen LogP contribution in [0.1, 0.15) is 19.3 Å². The largest absolute Gasteiger partial charge is 0.534 e. The van der Waals surface area contributed by atoms with Gasteiger partial charge in [0.05, 0.1) is 72.7 Å². The van der Waals surface area contributed by atoms with E-state index in [1.54, 1.807) is 7.11 Å². The van der Waals surface area contributed by atoms with Gasteiger partial charge in [0.1, 0.15) is 11.4 Å². The Morgan fingerprint density at radius 1 is 0.848 bits per heavy atom. The van der Waals surface area contributed by atoms with Crippen molar-refractivity contribution in [3.63, 3.8) is 0 Å². The third-order valence-corrected chi connectivity index (χ3v) is 5.30. The van der Waals surface area contributed by atoms with Gasteiger partial charge in [0.2, 0.25) is 0 Å². The molecule has 14 heteroatoms. The van der Waals surface area contributed by atoms with Crippen LogP contribution in [0.3, 0.4) is 0 Å². The van der Waals surface area contributed by atoms with Crippen molar-refractivity contribution in [1.29, 1.82) is 0 Å². The van der Waals surface area contributed by atoms with Gasteiger partial charge in [0.15, 0.2) is 0 Å². The maximum atomic E-state index is 14.6. The Hall–Kier alpha value is -1.03. The van der Waals surface area contributed by atoms with E-state index >= 15 is 0 Å². The molecule has 0 heterocycles. The van der Waals surface area contributed by atoms with E-state index in [4.69, 9.17) is 28.4 Å². The summed E-state index contributed by atoms with van der Waals surface area (Å²) in [6.07, 6.45) is 0.184. The van der Waals surface area contributed by atoms with Gasteiger partial charge in [-0.1, -0.05) is 0 Å². The SMILES string of the molecule is COCCOCCOCCOCCOCCOCC1(F)CC=C(OS(=O)(=O)C(F)(F)F)CC1. The minimum Gasteiger partial charge on any atom is -0.382 e. The quantitative estimate of drug-likeness (QED) is 0.112. The van der Waals surface area contributed by atoms with Crippen LogP contribution in [0.2, 0.25) is 0 Å². The molecule has 0 N–H and O–H groups in total. The summed E-state index contributed by atoms with van der Waals surface area (Å²) >= 11 is 0. The molecule has 0 bridgehead atoms. The van der Waals surface area contributed by atoms with Crippen LogP contribution in [0, 0.1) is 0 Å². The van der Waals surface area contributed by atoms with Crippen LogP contribution in [-0.2, 0) is 42.7 Å². The summed E-state index contributed by atoms with van der Waals surface area (Å²) < 4.78 is 109. The summed E-state index contributed by atoms with van der Waals surface area (Å²) in [6.45, 7) is 3.56. The second kappa shape index (κ2) is 15.8. The lowest BCUT2D eigenvalue weighted by molar-refractivity contribution is -0.0531. The zero-order chi connectivity index (χ0) is 24.6. The highest BCUT2D eigenvalue weighted by Crippen LogP contribution is 2.35. The standard InChI is InChI=1S/C19H32F4O9S/c1-26-6-7-27-8-9-28-10-11-29-12-13-30-14-15-31-16-18(20)4-2-17(3-5-18)32-33(24,25)19(21,22)23/h2H,3-16H2,1H3. The lowest BCUT2D eigenvalue weighted by atomic mass is 9.91. The van der Waals surface area contributed by atoms with E-state index in [0.29, 0.717) is 52.9 Å². The molecule has 1 atom stereocenters. The number of ether oxygens (including phenoxy) is 6. The molecular formula is C19H32F4O9S. The summed E-state index contributed by atoms with van der Waals surface area (Å²) in [5.41, 5.74) is -7.34. The van der Waals surface area contributed by atoms with Gasteiger partial charge in [-0.3, -0.25) is 0 Å². The van der Waals surface area contributed by atoms with Crippen molar-refractivity contribution in [2.75, 3.05) is 79.8 Å². The van der Waals surface area contributed by atoms with Gasteiger partial charge < -0.3 is 32.6 Å². The maximum absolute atomic E-state index is 14.6. The van der Waals surface area contributed by atoms with Crippen molar-refractivity contribution in [3.05, 3.63) is 11.8 Å². The summed E-state index contributed by atoms with van der Waals surface area (Å²) in [5, 5.41) is 0. The summed E-state index contributed by atoms with van der Waals surface area (Å²) in [7, 11) is -4.14. The molecule has 1 unspecified atom stereocenters. The highest BCUT2D eigenvalue weighted by atomic mass is 32.2. The molecule has 0 spiro atoms. The molecule has 9 nitrogen and oxygen atoms in total. The van der Waals surface area contributed by atoms with E-state index in [1.807, 2.05) is 0 Å². The number of allylic oxidation sites excluding steroid dienone is 2. The van der Waals surface area contributed by atoms with Crippen LogP contribution >= 0.6 is 0 Å². The highest BCUT2D eigenvalue weighted by Gasteiger charge is 2.49. The second-order valence-corrected chi connectivity index (χ2v) is 8.54. The Kier molecular flexibility index (Phi) is 14.4. The van der Waals surface area contributed by atoms with Gasteiger partial charge in [-0.25, -0.2) is 4.39 Å². The summed E-state index contributed by atoms with van der Waals surface area (Å²) in [6, 6.07) is 0. The van der Waals surface area contributed by atoms with Crippen molar-refractivity contribution in [3.8, 4) is 0 Å². The van der Waals surface area contributed by atoms with E-state index in [-0.39, 0.29) is 39.1 Å². The minimum absolute atomic E-state index is 0.118. The Balaban J connectivity index is 1.99. The first-order chi connectivity index (χ1) is 15.6. The van der Waals surface area contributed by atoms with Gasteiger partial charge in [0, 0.05) is 20.0 Å². The molecular weight excluding hydrogens is 480 g/mol. The van der Waals surface area contributed by atoms with Crippen molar-refractivity contribution in [1.82, 2.24) is 0 Å². The highest BCUT2D eigenvalue weighted by molar-refractivity contribution is 7.87. The molecule has 0 aromatic carbocycles. The smallest absolute Gasteiger partial charge is 0.382 e. The first-order valence-electron chi connectivity index (χ1n) is 10.4. The van der Waals surface area contributed by atoms with Crippen molar-refractivity contribution >= 4 is 10.1 Å². The molecule has 1 rings (SSSR count). The molecule has 0 aromatic heterocycles. The predicted molar refractivity (Wildman–Crippen MR) is 108 cm³/mol. The number of hydrogen-bond acceptors (Lipinski definition) is 9. The molecule has 1 aliphatic rings. The molecule has 0 fully saturated rings. The van der Waals surface area contributed by atoms with Crippen molar-refractivity contribution in [2.45, 2.75) is 30.4 Å². The molecule has 196 valence electrons. The number of rotatable bonds is 19. The van der Waals surface area contributed by atoms with E-state index in [0.717, 1.165) is 6.08 Å². The van der Waals surface area contributed by atoms with Crippen LogP contribution in [0.25, 0.3) is 0 Å². The lowest BCUT2D eigenvalue weighted by Gasteiger charge is -2.28. The second-order valence-electron chi connectivity index (χ2n) is 7.00. The maximum Gasteiger partial charge on any atom is 0.534 e. The zero-order valence-electron chi connectivity index (χ0n) is 18.6. The van der Waals surface area contributed by atoms with Gasteiger partial charge >= 0.3 is 15.6 Å². The fourth-order valence-corrected chi connectivity index (χ4v) is 3.05.